The lowest BCUT2D eigenvalue weighted by molar-refractivity contribution is 0.385. The molecule has 0 aliphatic rings. The largest absolute Gasteiger partial charge is 0.494 e. The van der Waals surface area contributed by atoms with Crippen LogP contribution in [0.5, 0.6) is 5.75 Å². The van der Waals surface area contributed by atoms with Crippen LogP contribution in [-0.2, 0) is 12.0 Å². The van der Waals surface area contributed by atoms with Crippen LogP contribution in [0, 0.1) is 11.6 Å². The van der Waals surface area contributed by atoms with Gasteiger partial charge in [0.1, 0.15) is 5.82 Å². The van der Waals surface area contributed by atoms with Crippen molar-refractivity contribution in [1.82, 2.24) is 0 Å². The molecule has 0 aromatic heterocycles. The van der Waals surface area contributed by atoms with Gasteiger partial charge in [-0.05, 0) is 37.1 Å². The number of halogens is 2. The molecule has 0 aliphatic carbocycles. The number of ether oxygens (including phenoxy) is 1. The van der Waals surface area contributed by atoms with Crippen molar-refractivity contribution >= 4 is 0 Å². The molecule has 106 valence electrons. The third-order valence-electron chi connectivity index (χ3n) is 3.28. The van der Waals surface area contributed by atoms with Crippen molar-refractivity contribution in [1.29, 1.82) is 0 Å². The topological polar surface area (TPSA) is 35.2 Å². The smallest absolute Gasteiger partial charge is 0.165 e. The number of hydrogen-bond donors (Lipinski definition) is 1. The van der Waals surface area contributed by atoms with Crippen LogP contribution in [0.1, 0.15) is 18.1 Å². The van der Waals surface area contributed by atoms with Gasteiger partial charge in [0.25, 0.3) is 0 Å². The van der Waals surface area contributed by atoms with E-state index in [1.54, 1.807) is 37.3 Å². The van der Waals surface area contributed by atoms with Crippen molar-refractivity contribution in [3.63, 3.8) is 0 Å². The van der Waals surface area contributed by atoms with E-state index in [9.17, 15) is 8.78 Å². The molecule has 1 atom stereocenters. The van der Waals surface area contributed by atoms with E-state index in [1.807, 2.05) is 0 Å². The Morgan fingerprint density at radius 2 is 1.80 bits per heavy atom. The van der Waals surface area contributed by atoms with Crippen molar-refractivity contribution in [3.05, 3.63) is 65.2 Å². The molecule has 20 heavy (non-hydrogen) atoms. The van der Waals surface area contributed by atoms with Gasteiger partial charge in [0.05, 0.1) is 7.11 Å². The molecule has 0 saturated heterocycles. The highest BCUT2D eigenvalue weighted by Crippen LogP contribution is 2.27. The van der Waals surface area contributed by atoms with E-state index in [1.165, 1.54) is 19.2 Å². The summed E-state index contributed by atoms with van der Waals surface area (Å²) < 4.78 is 32.3. The highest BCUT2D eigenvalue weighted by molar-refractivity contribution is 5.33. The van der Waals surface area contributed by atoms with Crippen molar-refractivity contribution < 1.29 is 13.5 Å². The van der Waals surface area contributed by atoms with Crippen molar-refractivity contribution in [3.8, 4) is 5.75 Å². The number of nitrogens with two attached hydrogens (primary N) is 1. The summed E-state index contributed by atoms with van der Waals surface area (Å²) in [6.07, 6.45) is 0.328. The van der Waals surface area contributed by atoms with Gasteiger partial charge in [-0.3, -0.25) is 0 Å². The standard InChI is InChI=1S/C16H17F2NO/c1-16(19,12-5-3-4-6-13(12)17)10-11-7-8-15(20-2)14(18)9-11/h3-9H,10,19H2,1-2H3. The van der Waals surface area contributed by atoms with E-state index in [2.05, 4.69) is 0 Å². The maximum Gasteiger partial charge on any atom is 0.165 e. The van der Waals surface area contributed by atoms with Crippen LogP contribution in [0.3, 0.4) is 0 Å². The molecular weight excluding hydrogens is 260 g/mol. The lowest BCUT2D eigenvalue weighted by Crippen LogP contribution is -2.36. The van der Waals surface area contributed by atoms with Gasteiger partial charge in [0.15, 0.2) is 11.6 Å². The van der Waals surface area contributed by atoms with Gasteiger partial charge in [-0.25, -0.2) is 8.78 Å². The predicted octanol–water partition coefficient (Wildman–Crippen LogP) is 3.39. The summed E-state index contributed by atoms with van der Waals surface area (Å²) in [4.78, 5) is 0. The molecular formula is C16H17F2NO. The molecule has 2 rings (SSSR count). The maximum absolute atomic E-state index is 13.8. The molecule has 0 heterocycles. The first-order chi connectivity index (χ1) is 9.44. The first-order valence-corrected chi connectivity index (χ1v) is 6.30. The monoisotopic (exact) mass is 277 g/mol. The van der Waals surface area contributed by atoms with E-state index in [0.717, 1.165) is 0 Å². The number of methoxy groups -OCH3 is 1. The molecule has 2 aromatic carbocycles. The summed E-state index contributed by atoms with van der Waals surface area (Å²) >= 11 is 0. The molecule has 0 fully saturated rings. The van der Waals surface area contributed by atoms with Crippen molar-refractivity contribution in [2.24, 2.45) is 5.73 Å². The molecule has 2 N–H and O–H groups in total. The zero-order valence-electron chi connectivity index (χ0n) is 11.5. The molecule has 0 spiro atoms. The molecule has 2 aromatic rings. The lowest BCUT2D eigenvalue weighted by atomic mass is 9.86. The minimum atomic E-state index is -0.910. The maximum atomic E-state index is 13.8. The fraction of sp³-hybridized carbons (Fsp3) is 0.250. The third-order valence-corrected chi connectivity index (χ3v) is 3.28. The van der Waals surface area contributed by atoms with Gasteiger partial charge in [-0.2, -0.15) is 0 Å². The summed E-state index contributed by atoms with van der Waals surface area (Å²) in [6.45, 7) is 1.73. The number of hydrogen-bond acceptors (Lipinski definition) is 2. The van der Waals surface area contributed by atoms with Crippen molar-refractivity contribution in [2.45, 2.75) is 18.9 Å². The molecule has 0 aliphatic heterocycles. The average molecular weight is 277 g/mol. The van der Waals surface area contributed by atoms with E-state index >= 15 is 0 Å². The Hall–Kier alpha value is -1.94. The fourth-order valence-corrected chi connectivity index (χ4v) is 2.26. The molecule has 1 unspecified atom stereocenters. The fourth-order valence-electron chi connectivity index (χ4n) is 2.26. The van der Waals surface area contributed by atoms with Gasteiger partial charge in [-0.1, -0.05) is 24.3 Å². The van der Waals surface area contributed by atoms with Crippen LogP contribution in [0.2, 0.25) is 0 Å². The Balaban J connectivity index is 2.28. The van der Waals surface area contributed by atoms with E-state index < -0.39 is 11.4 Å². The highest BCUT2D eigenvalue weighted by atomic mass is 19.1. The number of rotatable bonds is 4. The summed E-state index contributed by atoms with van der Waals surface area (Å²) in [5, 5.41) is 0. The Labute approximate surface area is 117 Å². The second-order valence-electron chi connectivity index (χ2n) is 5.04. The third kappa shape index (κ3) is 2.96. The van der Waals surface area contributed by atoms with Gasteiger partial charge in [-0.15, -0.1) is 0 Å². The minimum absolute atomic E-state index is 0.179. The summed E-state index contributed by atoms with van der Waals surface area (Å²) in [5.41, 5.74) is 6.39. The van der Waals surface area contributed by atoms with Crippen LogP contribution in [0.25, 0.3) is 0 Å². The lowest BCUT2D eigenvalue weighted by Gasteiger charge is -2.26. The molecule has 0 bridgehead atoms. The average Bonchev–Trinajstić information content (AvgIpc) is 2.38. The predicted molar refractivity (Wildman–Crippen MR) is 74.6 cm³/mol. The minimum Gasteiger partial charge on any atom is -0.494 e. The molecule has 0 saturated carbocycles. The second kappa shape index (κ2) is 5.59. The Kier molecular flexibility index (Phi) is 4.04. The Bertz CT molecular complexity index is 611. The van der Waals surface area contributed by atoms with E-state index in [-0.39, 0.29) is 11.6 Å². The first-order valence-electron chi connectivity index (χ1n) is 6.30. The number of benzene rings is 2. The second-order valence-corrected chi connectivity index (χ2v) is 5.04. The highest BCUT2D eigenvalue weighted by Gasteiger charge is 2.25. The van der Waals surface area contributed by atoms with Gasteiger partial charge < -0.3 is 10.5 Å². The van der Waals surface area contributed by atoms with Crippen LogP contribution in [-0.4, -0.2) is 7.11 Å². The first kappa shape index (κ1) is 14.5. The van der Waals surface area contributed by atoms with Gasteiger partial charge in [0.2, 0.25) is 0 Å². The molecule has 4 heteroatoms. The van der Waals surface area contributed by atoms with Crippen molar-refractivity contribution in [2.75, 3.05) is 7.11 Å². The summed E-state index contributed by atoms with van der Waals surface area (Å²) in [7, 11) is 1.41. The normalized spacial score (nSPS) is 13.8. The Morgan fingerprint density at radius 1 is 1.10 bits per heavy atom. The molecule has 2 nitrogen and oxygen atoms in total. The van der Waals surface area contributed by atoms with Crippen LogP contribution >= 0.6 is 0 Å². The Morgan fingerprint density at radius 3 is 2.40 bits per heavy atom. The van der Waals surface area contributed by atoms with Crippen LogP contribution in [0.4, 0.5) is 8.78 Å². The van der Waals surface area contributed by atoms with E-state index in [4.69, 9.17) is 10.5 Å². The van der Waals surface area contributed by atoms with Gasteiger partial charge >= 0.3 is 0 Å². The van der Waals surface area contributed by atoms with Crippen LogP contribution in [0.15, 0.2) is 42.5 Å². The SMILES string of the molecule is COc1ccc(CC(C)(N)c2ccccc2F)cc1F. The van der Waals surface area contributed by atoms with Gasteiger partial charge in [0, 0.05) is 11.1 Å². The quantitative estimate of drug-likeness (QED) is 0.929. The van der Waals surface area contributed by atoms with E-state index in [0.29, 0.717) is 17.5 Å². The summed E-state index contributed by atoms with van der Waals surface area (Å²) in [6, 6.07) is 11.0. The molecule has 0 radical (unpaired) electrons. The summed E-state index contributed by atoms with van der Waals surface area (Å²) in [5.74, 6) is -0.626. The molecule has 0 amide bonds. The van der Waals surface area contributed by atoms with Crippen LogP contribution < -0.4 is 10.5 Å². The zero-order valence-corrected chi connectivity index (χ0v) is 11.5. The zero-order chi connectivity index (χ0) is 14.8.